The second-order valence-electron chi connectivity index (χ2n) is 3.62. The molecule has 0 bridgehead atoms. The summed E-state index contributed by atoms with van der Waals surface area (Å²) in [6, 6.07) is 6.56. The van der Waals surface area contributed by atoms with Crippen LogP contribution < -0.4 is 11.3 Å². The molecular weight excluding hydrogens is 384 g/mol. The molecule has 0 fully saturated rings. The van der Waals surface area contributed by atoms with Crippen molar-refractivity contribution in [3.8, 4) is 0 Å². The second kappa shape index (κ2) is 6.45. The highest BCUT2D eigenvalue weighted by Crippen LogP contribution is 2.36. The molecule has 3 N–H and O–H groups in total. The average Bonchev–Trinajstić information content (AvgIpc) is 2.90. The molecule has 0 saturated heterocycles. The minimum absolute atomic E-state index is 0.189. The molecule has 0 amide bonds. The fraction of sp³-hybridized carbons (Fsp3) is 0.273. The number of nitrogens with one attached hydrogen (secondary N) is 1. The molecule has 2 aromatic heterocycles. The minimum Gasteiger partial charge on any atom is -0.271 e. The highest BCUT2D eigenvalue weighted by molar-refractivity contribution is 9.12. The number of hydrogen-bond donors (Lipinski definition) is 2. The topological polar surface area (TPSA) is 38.0 Å². The zero-order chi connectivity index (χ0) is 12.3. The fourth-order valence-corrected chi connectivity index (χ4v) is 5.36. The Morgan fingerprint density at radius 3 is 2.76 bits per heavy atom. The first-order valence-corrected chi connectivity index (χ1v) is 8.42. The van der Waals surface area contributed by atoms with Gasteiger partial charge < -0.3 is 0 Å². The van der Waals surface area contributed by atoms with Crippen LogP contribution in [0.1, 0.15) is 22.9 Å². The van der Waals surface area contributed by atoms with E-state index in [1.54, 1.807) is 22.7 Å². The van der Waals surface area contributed by atoms with Crippen LogP contribution in [0.25, 0.3) is 0 Å². The van der Waals surface area contributed by atoms with E-state index in [0.29, 0.717) is 0 Å². The molecule has 0 aliphatic rings. The highest BCUT2D eigenvalue weighted by atomic mass is 79.9. The van der Waals surface area contributed by atoms with Crippen LogP contribution in [0.2, 0.25) is 0 Å². The van der Waals surface area contributed by atoms with E-state index < -0.39 is 0 Å². The largest absolute Gasteiger partial charge is 0.271 e. The predicted octanol–water partition coefficient (Wildman–Crippen LogP) is 4.47. The zero-order valence-corrected chi connectivity index (χ0v) is 13.8. The predicted molar refractivity (Wildman–Crippen MR) is 82.4 cm³/mol. The van der Waals surface area contributed by atoms with Gasteiger partial charge in [-0.05, 0) is 67.8 Å². The Balaban J connectivity index is 2.04. The van der Waals surface area contributed by atoms with Crippen molar-refractivity contribution >= 4 is 54.5 Å². The maximum absolute atomic E-state index is 5.64. The van der Waals surface area contributed by atoms with Crippen molar-refractivity contribution in [1.29, 1.82) is 0 Å². The van der Waals surface area contributed by atoms with Gasteiger partial charge in [-0.2, -0.15) is 0 Å². The van der Waals surface area contributed by atoms with E-state index in [4.69, 9.17) is 5.84 Å². The summed E-state index contributed by atoms with van der Waals surface area (Å²) < 4.78 is 2.26. The molecule has 0 saturated carbocycles. The first kappa shape index (κ1) is 13.7. The molecule has 0 aliphatic carbocycles. The first-order valence-electron chi connectivity index (χ1n) is 5.14. The molecular formula is C11H12Br2N2S2. The molecule has 0 aliphatic heterocycles. The smallest absolute Gasteiger partial charge is 0.0758 e. The molecule has 0 spiro atoms. The maximum atomic E-state index is 5.64. The third-order valence-electron chi connectivity index (χ3n) is 2.52. The van der Waals surface area contributed by atoms with Gasteiger partial charge in [-0.3, -0.25) is 11.3 Å². The van der Waals surface area contributed by atoms with Crippen molar-refractivity contribution in [3.05, 3.63) is 41.6 Å². The Hall–Kier alpha value is 0.280. The Bertz CT molecular complexity index is 468. The van der Waals surface area contributed by atoms with Crippen LogP contribution in [0.4, 0.5) is 0 Å². The molecule has 2 rings (SSSR count). The molecule has 0 radical (unpaired) electrons. The Labute approximate surface area is 125 Å². The maximum Gasteiger partial charge on any atom is 0.0758 e. The van der Waals surface area contributed by atoms with Gasteiger partial charge in [0, 0.05) is 10.9 Å². The summed E-state index contributed by atoms with van der Waals surface area (Å²) in [5.74, 6) is 5.64. The summed E-state index contributed by atoms with van der Waals surface area (Å²) in [5.41, 5.74) is 4.12. The molecule has 2 heterocycles. The molecule has 1 atom stereocenters. The number of hydrazine groups is 1. The third-order valence-corrected chi connectivity index (χ3v) is 5.84. The normalized spacial score (nSPS) is 12.9. The van der Waals surface area contributed by atoms with Crippen molar-refractivity contribution in [2.45, 2.75) is 18.9 Å². The van der Waals surface area contributed by atoms with Crippen molar-refractivity contribution < 1.29 is 0 Å². The van der Waals surface area contributed by atoms with Crippen LogP contribution in [0, 0.1) is 0 Å². The standard InChI is InChI=1S/C11H12Br2N2S2/c12-10-6-8(11(13)17-10)9(15-14)4-3-7-2-1-5-16-7/h1-2,5-6,9,15H,3-4,14H2. The van der Waals surface area contributed by atoms with E-state index in [9.17, 15) is 0 Å². The Morgan fingerprint density at radius 2 is 2.24 bits per heavy atom. The van der Waals surface area contributed by atoms with Gasteiger partial charge in [0.2, 0.25) is 0 Å². The summed E-state index contributed by atoms with van der Waals surface area (Å²) in [7, 11) is 0. The van der Waals surface area contributed by atoms with Crippen molar-refractivity contribution in [3.63, 3.8) is 0 Å². The molecule has 0 aromatic carbocycles. The van der Waals surface area contributed by atoms with Crippen molar-refractivity contribution in [2.24, 2.45) is 5.84 Å². The summed E-state index contributed by atoms with van der Waals surface area (Å²) in [4.78, 5) is 1.40. The van der Waals surface area contributed by atoms with E-state index >= 15 is 0 Å². The van der Waals surface area contributed by atoms with Gasteiger partial charge in [0.15, 0.2) is 0 Å². The molecule has 2 aromatic rings. The lowest BCUT2D eigenvalue weighted by molar-refractivity contribution is 0.518. The summed E-state index contributed by atoms with van der Waals surface area (Å²) >= 11 is 10.5. The SMILES string of the molecule is NNC(CCc1cccs1)c1cc(Br)sc1Br. The van der Waals surface area contributed by atoms with Gasteiger partial charge in [0.1, 0.15) is 0 Å². The van der Waals surface area contributed by atoms with Gasteiger partial charge in [-0.15, -0.1) is 22.7 Å². The van der Waals surface area contributed by atoms with E-state index in [2.05, 4.69) is 60.9 Å². The lowest BCUT2D eigenvalue weighted by Gasteiger charge is -2.14. The number of aryl methyl sites for hydroxylation is 1. The van der Waals surface area contributed by atoms with Crippen LogP contribution >= 0.6 is 54.5 Å². The quantitative estimate of drug-likeness (QED) is 0.578. The first-order chi connectivity index (χ1) is 8.20. The number of nitrogens with two attached hydrogens (primary N) is 1. The van der Waals surface area contributed by atoms with E-state index in [0.717, 1.165) is 20.4 Å². The molecule has 1 unspecified atom stereocenters. The number of rotatable bonds is 5. The fourth-order valence-electron chi connectivity index (χ4n) is 1.66. The lowest BCUT2D eigenvalue weighted by atomic mass is 10.1. The minimum atomic E-state index is 0.189. The summed E-state index contributed by atoms with van der Waals surface area (Å²) in [5, 5.41) is 2.11. The van der Waals surface area contributed by atoms with E-state index in [-0.39, 0.29) is 6.04 Å². The number of hydrogen-bond acceptors (Lipinski definition) is 4. The van der Waals surface area contributed by atoms with Crippen LogP contribution in [-0.4, -0.2) is 0 Å². The van der Waals surface area contributed by atoms with Crippen molar-refractivity contribution in [2.75, 3.05) is 0 Å². The average molecular weight is 396 g/mol. The van der Waals surface area contributed by atoms with Gasteiger partial charge in [-0.25, -0.2) is 0 Å². The van der Waals surface area contributed by atoms with Gasteiger partial charge in [0.25, 0.3) is 0 Å². The van der Waals surface area contributed by atoms with Gasteiger partial charge in [-0.1, -0.05) is 6.07 Å². The van der Waals surface area contributed by atoms with Crippen LogP contribution in [0.5, 0.6) is 0 Å². The molecule has 17 heavy (non-hydrogen) atoms. The summed E-state index contributed by atoms with van der Waals surface area (Å²) in [6.45, 7) is 0. The van der Waals surface area contributed by atoms with Crippen LogP contribution in [0.15, 0.2) is 31.2 Å². The Kier molecular flexibility index (Phi) is 5.20. The monoisotopic (exact) mass is 394 g/mol. The Morgan fingerprint density at radius 1 is 1.41 bits per heavy atom. The molecule has 2 nitrogen and oxygen atoms in total. The number of halogens is 2. The van der Waals surface area contributed by atoms with Crippen LogP contribution in [-0.2, 0) is 6.42 Å². The molecule has 92 valence electrons. The molecule has 6 heteroatoms. The van der Waals surface area contributed by atoms with Gasteiger partial charge in [0.05, 0.1) is 7.57 Å². The highest BCUT2D eigenvalue weighted by Gasteiger charge is 2.16. The second-order valence-corrected chi connectivity index (χ2v) is 8.40. The third kappa shape index (κ3) is 3.62. The zero-order valence-electron chi connectivity index (χ0n) is 8.95. The van der Waals surface area contributed by atoms with E-state index in [1.807, 2.05) is 0 Å². The van der Waals surface area contributed by atoms with Crippen molar-refractivity contribution in [1.82, 2.24) is 5.43 Å². The van der Waals surface area contributed by atoms with E-state index in [1.165, 1.54) is 10.4 Å². The number of thiophene rings is 2. The van der Waals surface area contributed by atoms with Crippen LogP contribution in [0.3, 0.4) is 0 Å². The summed E-state index contributed by atoms with van der Waals surface area (Å²) in [6.07, 6.45) is 2.05. The van der Waals surface area contributed by atoms with Gasteiger partial charge >= 0.3 is 0 Å². The lowest BCUT2D eigenvalue weighted by Crippen LogP contribution is -2.28.